The predicted octanol–water partition coefficient (Wildman–Crippen LogP) is 2.49. The minimum Gasteiger partial charge on any atom is -0.261 e. The summed E-state index contributed by atoms with van der Waals surface area (Å²) < 4.78 is 0. The Morgan fingerprint density at radius 3 is 3.25 bits per heavy atom. The lowest BCUT2D eigenvalue weighted by atomic mass is 9.93. The summed E-state index contributed by atoms with van der Waals surface area (Å²) in [7, 11) is 0. The smallest absolute Gasteiger partial charge is 0.0452 e. The van der Waals surface area contributed by atoms with Crippen LogP contribution in [0.1, 0.15) is 23.2 Å². The highest BCUT2D eigenvalue weighted by Gasteiger charge is 2.18. The second-order valence-electron chi connectivity index (χ2n) is 3.39. The Bertz CT molecular complexity index is 296. The van der Waals surface area contributed by atoms with Crippen LogP contribution in [0.4, 0.5) is 0 Å². The van der Waals surface area contributed by atoms with Crippen LogP contribution in [-0.4, -0.2) is 10.4 Å². The van der Waals surface area contributed by atoms with E-state index in [0.717, 1.165) is 19.3 Å². The third-order valence-corrected chi connectivity index (χ3v) is 2.87. The zero-order valence-electron chi connectivity index (χ0n) is 7.18. The van der Waals surface area contributed by atoms with Gasteiger partial charge in [-0.2, -0.15) is 0 Å². The molecule has 0 saturated heterocycles. The van der Waals surface area contributed by atoms with E-state index in [1.165, 1.54) is 16.8 Å². The predicted molar refractivity (Wildman–Crippen MR) is 50.6 cm³/mol. The van der Waals surface area contributed by atoms with Crippen molar-refractivity contribution in [1.82, 2.24) is 4.98 Å². The topological polar surface area (TPSA) is 12.9 Å². The molecular formula is C10H12ClN. The molecule has 0 aromatic carbocycles. The SMILES string of the molecule is Cc1ccnc2c1CCC(Cl)C2. The number of alkyl halides is 1. The van der Waals surface area contributed by atoms with Crippen molar-refractivity contribution in [3.8, 4) is 0 Å². The molecule has 0 fully saturated rings. The van der Waals surface area contributed by atoms with Gasteiger partial charge in [0, 0.05) is 23.7 Å². The lowest BCUT2D eigenvalue weighted by Crippen LogP contribution is -2.16. The molecular weight excluding hydrogens is 170 g/mol. The maximum Gasteiger partial charge on any atom is 0.0452 e. The molecule has 0 spiro atoms. The van der Waals surface area contributed by atoms with Crippen molar-refractivity contribution in [3.63, 3.8) is 0 Å². The van der Waals surface area contributed by atoms with Crippen molar-refractivity contribution in [3.05, 3.63) is 29.1 Å². The van der Waals surface area contributed by atoms with Crippen molar-refractivity contribution in [2.45, 2.75) is 31.6 Å². The maximum absolute atomic E-state index is 6.06. The van der Waals surface area contributed by atoms with E-state index < -0.39 is 0 Å². The maximum atomic E-state index is 6.06. The lowest BCUT2D eigenvalue weighted by molar-refractivity contribution is 0.672. The molecule has 1 aromatic heterocycles. The van der Waals surface area contributed by atoms with Crippen molar-refractivity contribution in [1.29, 1.82) is 0 Å². The first-order chi connectivity index (χ1) is 5.77. The van der Waals surface area contributed by atoms with Gasteiger partial charge in [-0.25, -0.2) is 0 Å². The van der Waals surface area contributed by atoms with Gasteiger partial charge in [-0.05, 0) is 37.0 Å². The molecule has 1 heterocycles. The molecule has 0 radical (unpaired) electrons. The monoisotopic (exact) mass is 181 g/mol. The summed E-state index contributed by atoms with van der Waals surface area (Å²) in [6.45, 7) is 2.15. The number of hydrogen-bond donors (Lipinski definition) is 0. The molecule has 1 aliphatic rings. The summed E-state index contributed by atoms with van der Waals surface area (Å²) >= 11 is 6.06. The van der Waals surface area contributed by atoms with Crippen LogP contribution in [0.2, 0.25) is 0 Å². The van der Waals surface area contributed by atoms with Crippen LogP contribution in [0.25, 0.3) is 0 Å². The van der Waals surface area contributed by atoms with Gasteiger partial charge in [0.2, 0.25) is 0 Å². The second kappa shape index (κ2) is 3.06. The summed E-state index contributed by atoms with van der Waals surface area (Å²) in [5.74, 6) is 0. The van der Waals surface area contributed by atoms with E-state index in [-0.39, 0.29) is 0 Å². The Balaban J connectivity index is 2.42. The van der Waals surface area contributed by atoms with Crippen LogP contribution in [0.15, 0.2) is 12.3 Å². The highest BCUT2D eigenvalue weighted by Crippen LogP contribution is 2.24. The summed E-state index contributed by atoms with van der Waals surface area (Å²) in [6, 6.07) is 2.08. The molecule has 12 heavy (non-hydrogen) atoms. The summed E-state index contributed by atoms with van der Waals surface area (Å²) in [6.07, 6.45) is 5.02. The Hall–Kier alpha value is -0.560. The average Bonchev–Trinajstić information content (AvgIpc) is 2.04. The van der Waals surface area contributed by atoms with E-state index in [4.69, 9.17) is 11.6 Å². The van der Waals surface area contributed by atoms with Gasteiger partial charge in [-0.3, -0.25) is 4.98 Å². The Labute approximate surface area is 77.8 Å². The minimum atomic E-state index is 0.298. The highest BCUT2D eigenvalue weighted by atomic mass is 35.5. The highest BCUT2D eigenvalue weighted by molar-refractivity contribution is 6.20. The number of aryl methyl sites for hydroxylation is 1. The van der Waals surface area contributed by atoms with Crippen LogP contribution in [0.5, 0.6) is 0 Å². The van der Waals surface area contributed by atoms with Crippen LogP contribution < -0.4 is 0 Å². The van der Waals surface area contributed by atoms with E-state index in [0.29, 0.717) is 5.38 Å². The fraction of sp³-hybridized carbons (Fsp3) is 0.500. The summed E-state index contributed by atoms with van der Waals surface area (Å²) in [5, 5.41) is 0.298. The quantitative estimate of drug-likeness (QED) is 0.561. The molecule has 0 amide bonds. The molecule has 1 atom stereocenters. The molecule has 0 N–H and O–H groups in total. The fourth-order valence-corrected chi connectivity index (χ4v) is 2.03. The number of pyridine rings is 1. The van der Waals surface area contributed by atoms with Gasteiger partial charge in [0.25, 0.3) is 0 Å². The van der Waals surface area contributed by atoms with E-state index in [1.807, 2.05) is 6.20 Å². The summed E-state index contributed by atoms with van der Waals surface area (Å²) in [4.78, 5) is 4.35. The molecule has 1 unspecified atom stereocenters. The Morgan fingerprint density at radius 2 is 2.42 bits per heavy atom. The van der Waals surface area contributed by atoms with Crippen LogP contribution in [-0.2, 0) is 12.8 Å². The molecule has 1 aromatic rings. The third kappa shape index (κ3) is 1.34. The molecule has 0 aliphatic heterocycles. The number of aromatic nitrogens is 1. The third-order valence-electron chi connectivity index (χ3n) is 2.50. The molecule has 0 bridgehead atoms. The van der Waals surface area contributed by atoms with Crippen molar-refractivity contribution in [2.24, 2.45) is 0 Å². The van der Waals surface area contributed by atoms with Crippen molar-refractivity contribution < 1.29 is 0 Å². The Morgan fingerprint density at radius 1 is 1.58 bits per heavy atom. The van der Waals surface area contributed by atoms with Crippen LogP contribution >= 0.6 is 11.6 Å². The molecule has 0 saturated carbocycles. The van der Waals surface area contributed by atoms with E-state index in [9.17, 15) is 0 Å². The first-order valence-corrected chi connectivity index (χ1v) is 4.78. The van der Waals surface area contributed by atoms with E-state index in [1.54, 1.807) is 0 Å². The number of halogens is 1. The molecule has 1 aliphatic carbocycles. The van der Waals surface area contributed by atoms with Gasteiger partial charge in [-0.15, -0.1) is 11.6 Å². The number of hydrogen-bond acceptors (Lipinski definition) is 1. The van der Waals surface area contributed by atoms with Gasteiger partial charge in [0.1, 0.15) is 0 Å². The number of rotatable bonds is 0. The van der Waals surface area contributed by atoms with E-state index in [2.05, 4.69) is 18.0 Å². The normalized spacial score (nSPS) is 22.0. The minimum absolute atomic E-state index is 0.298. The molecule has 64 valence electrons. The van der Waals surface area contributed by atoms with Crippen molar-refractivity contribution in [2.75, 3.05) is 0 Å². The average molecular weight is 182 g/mol. The van der Waals surface area contributed by atoms with Gasteiger partial charge in [0.05, 0.1) is 0 Å². The summed E-state index contributed by atoms with van der Waals surface area (Å²) in [5.41, 5.74) is 4.00. The fourth-order valence-electron chi connectivity index (χ4n) is 1.78. The first-order valence-electron chi connectivity index (χ1n) is 4.35. The first kappa shape index (κ1) is 8.06. The van der Waals surface area contributed by atoms with Crippen molar-refractivity contribution >= 4 is 11.6 Å². The van der Waals surface area contributed by atoms with Crippen LogP contribution in [0, 0.1) is 6.92 Å². The van der Waals surface area contributed by atoms with Crippen LogP contribution in [0.3, 0.4) is 0 Å². The number of nitrogens with zero attached hydrogens (tertiary/aromatic N) is 1. The van der Waals surface area contributed by atoms with Gasteiger partial charge < -0.3 is 0 Å². The standard InChI is InChI=1S/C10H12ClN/c1-7-4-5-12-10-6-8(11)2-3-9(7)10/h4-5,8H,2-3,6H2,1H3. The van der Waals surface area contributed by atoms with Gasteiger partial charge >= 0.3 is 0 Å². The lowest BCUT2D eigenvalue weighted by Gasteiger charge is -2.20. The largest absolute Gasteiger partial charge is 0.261 e. The number of fused-ring (bicyclic) bond motifs is 1. The van der Waals surface area contributed by atoms with Gasteiger partial charge in [0.15, 0.2) is 0 Å². The zero-order valence-corrected chi connectivity index (χ0v) is 7.93. The molecule has 1 nitrogen and oxygen atoms in total. The van der Waals surface area contributed by atoms with E-state index >= 15 is 0 Å². The zero-order chi connectivity index (χ0) is 8.55. The van der Waals surface area contributed by atoms with Gasteiger partial charge in [-0.1, -0.05) is 0 Å². The molecule has 2 heteroatoms. The Kier molecular flexibility index (Phi) is 2.05. The second-order valence-corrected chi connectivity index (χ2v) is 4.01. The molecule has 2 rings (SSSR count).